The molecule has 9 heteroatoms. The van der Waals surface area contributed by atoms with E-state index >= 15 is 0 Å². The number of amides is 2. The van der Waals surface area contributed by atoms with Crippen LogP contribution in [0.15, 0.2) is 71.6 Å². The minimum atomic E-state index is -3.85. The van der Waals surface area contributed by atoms with Crippen molar-refractivity contribution in [3.63, 3.8) is 0 Å². The number of carbonyl (C=O) groups excluding carboxylic acids is 2. The van der Waals surface area contributed by atoms with Gasteiger partial charge in [0.1, 0.15) is 5.60 Å². The second-order valence-corrected chi connectivity index (χ2v) is 9.73. The highest BCUT2D eigenvalue weighted by atomic mass is 35.5. The normalized spacial score (nSPS) is 29.6. The van der Waals surface area contributed by atoms with Crippen LogP contribution in [0.4, 0.5) is 5.69 Å². The fourth-order valence-electron chi connectivity index (χ4n) is 4.44. The number of sulfonamides is 1. The van der Waals surface area contributed by atoms with Crippen LogP contribution in [0.1, 0.15) is 0 Å². The van der Waals surface area contributed by atoms with Gasteiger partial charge in [0.25, 0.3) is 0 Å². The predicted molar refractivity (Wildman–Crippen MR) is 109 cm³/mol. The summed E-state index contributed by atoms with van der Waals surface area (Å²) in [5.41, 5.74) is -0.705. The standard InChI is InChI=1S/C21H17ClN2O5S/c22-13-6-8-15(9-7-13)30(27,28)23-12-21-11-10-16(29-21)17-18(21)20(26)24(19(17)25)14-4-2-1-3-5-14/h1-11,16-18,23H,12H2. The first-order chi connectivity index (χ1) is 14.3. The van der Waals surface area contributed by atoms with Gasteiger partial charge in [0, 0.05) is 11.6 Å². The highest BCUT2D eigenvalue weighted by molar-refractivity contribution is 7.89. The molecule has 2 fully saturated rings. The highest BCUT2D eigenvalue weighted by Crippen LogP contribution is 2.52. The third kappa shape index (κ3) is 2.83. The number of anilines is 1. The summed E-state index contributed by atoms with van der Waals surface area (Å²) in [6, 6.07) is 14.5. The van der Waals surface area contributed by atoms with Crippen molar-refractivity contribution in [3.05, 3.63) is 71.8 Å². The Hall–Kier alpha value is -2.52. The second kappa shape index (κ2) is 6.75. The molecule has 3 aliphatic rings. The quantitative estimate of drug-likeness (QED) is 0.563. The third-order valence-corrected chi connectivity index (χ3v) is 7.50. The molecule has 0 spiro atoms. The van der Waals surface area contributed by atoms with Crippen molar-refractivity contribution < 1.29 is 22.7 Å². The Morgan fingerprint density at radius 1 is 1.03 bits per heavy atom. The summed E-state index contributed by atoms with van der Waals surface area (Å²) in [7, 11) is -3.85. The van der Waals surface area contributed by atoms with Gasteiger partial charge in [-0.3, -0.25) is 9.59 Å². The fraction of sp³-hybridized carbons (Fsp3) is 0.238. The average molecular weight is 445 g/mol. The van der Waals surface area contributed by atoms with Crippen LogP contribution in [-0.4, -0.2) is 38.5 Å². The number of imide groups is 1. The number of halogens is 1. The Balaban J connectivity index is 1.43. The molecular formula is C21H17ClN2O5S. The van der Waals surface area contributed by atoms with Crippen LogP contribution in [0.25, 0.3) is 0 Å². The molecule has 3 heterocycles. The summed E-state index contributed by atoms with van der Waals surface area (Å²) in [5.74, 6) is -2.16. The van der Waals surface area contributed by atoms with Crippen LogP contribution in [0.2, 0.25) is 5.02 Å². The number of ether oxygens (including phenoxy) is 1. The molecule has 0 radical (unpaired) electrons. The molecule has 0 aliphatic carbocycles. The molecule has 2 bridgehead atoms. The number of rotatable bonds is 5. The predicted octanol–water partition coefficient (Wildman–Crippen LogP) is 2.13. The minimum absolute atomic E-state index is 0.0520. The Labute approximate surface area is 178 Å². The van der Waals surface area contributed by atoms with Gasteiger partial charge in [-0.15, -0.1) is 0 Å². The number of hydrogen-bond donors (Lipinski definition) is 1. The van der Waals surface area contributed by atoms with E-state index in [0.717, 1.165) is 0 Å². The van der Waals surface area contributed by atoms with E-state index in [1.54, 1.807) is 42.5 Å². The van der Waals surface area contributed by atoms with Gasteiger partial charge in [0.15, 0.2) is 0 Å². The summed E-state index contributed by atoms with van der Waals surface area (Å²) in [4.78, 5) is 27.5. The van der Waals surface area contributed by atoms with E-state index in [4.69, 9.17) is 16.3 Å². The number of hydrogen-bond acceptors (Lipinski definition) is 5. The average Bonchev–Trinajstić information content (AvgIpc) is 3.38. The number of fused-ring (bicyclic) bond motifs is 5. The van der Waals surface area contributed by atoms with Gasteiger partial charge in [0.05, 0.1) is 28.5 Å². The number of para-hydroxylation sites is 1. The molecule has 2 aromatic rings. The number of nitrogens with one attached hydrogen (secondary N) is 1. The zero-order valence-corrected chi connectivity index (χ0v) is 17.1. The Kier molecular flexibility index (Phi) is 4.37. The molecule has 2 amide bonds. The monoisotopic (exact) mass is 444 g/mol. The van der Waals surface area contributed by atoms with Crippen LogP contribution in [0.3, 0.4) is 0 Å². The second-order valence-electron chi connectivity index (χ2n) is 7.53. The molecule has 7 nitrogen and oxygen atoms in total. The SMILES string of the molecule is O=C1C2C3C=CC(CNS(=O)(=O)c4ccc(Cl)cc4)(O3)C2C(=O)N1c1ccccc1. The minimum Gasteiger partial charge on any atom is -0.361 e. The molecule has 4 unspecified atom stereocenters. The Bertz CT molecular complexity index is 1170. The maximum atomic E-state index is 13.2. The van der Waals surface area contributed by atoms with Crippen molar-refractivity contribution in [2.75, 3.05) is 11.4 Å². The van der Waals surface area contributed by atoms with Gasteiger partial charge in [0.2, 0.25) is 21.8 Å². The summed E-state index contributed by atoms with van der Waals surface area (Å²) in [5, 5.41) is 0.423. The van der Waals surface area contributed by atoms with Crippen LogP contribution < -0.4 is 9.62 Å². The molecule has 3 aliphatic heterocycles. The van der Waals surface area contributed by atoms with Crippen LogP contribution in [-0.2, 0) is 24.3 Å². The molecule has 5 rings (SSSR count). The Morgan fingerprint density at radius 3 is 2.43 bits per heavy atom. The first-order valence-electron chi connectivity index (χ1n) is 9.38. The maximum absolute atomic E-state index is 13.2. The fourth-order valence-corrected chi connectivity index (χ4v) is 5.65. The largest absolute Gasteiger partial charge is 0.361 e. The van der Waals surface area contributed by atoms with E-state index in [-0.39, 0.29) is 23.3 Å². The van der Waals surface area contributed by atoms with E-state index in [1.807, 2.05) is 0 Å². The summed E-state index contributed by atoms with van der Waals surface area (Å²) in [6.45, 7) is -0.159. The van der Waals surface area contributed by atoms with Crippen LogP contribution >= 0.6 is 11.6 Å². The zero-order valence-electron chi connectivity index (χ0n) is 15.6. The number of carbonyl (C=O) groups is 2. The van der Waals surface area contributed by atoms with Crippen LogP contribution in [0, 0.1) is 11.8 Å². The molecule has 0 saturated carbocycles. The number of nitrogens with zero attached hydrogens (tertiary/aromatic N) is 1. The molecule has 1 N–H and O–H groups in total. The molecule has 154 valence electrons. The Morgan fingerprint density at radius 2 is 1.73 bits per heavy atom. The molecule has 30 heavy (non-hydrogen) atoms. The lowest BCUT2D eigenvalue weighted by Crippen LogP contribution is -2.48. The van der Waals surface area contributed by atoms with Gasteiger partial charge >= 0.3 is 0 Å². The van der Waals surface area contributed by atoms with Gasteiger partial charge < -0.3 is 4.74 Å². The summed E-state index contributed by atoms with van der Waals surface area (Å²) < 4.78 is 33.9. The lowest BCUT2D eigenvalue weighted by molar-refractivity contribution is -0.126. The van der Waals surface area contributed by atoms with E-state index in [2.05, 4.69) is 4.72 Å². The van der Waals surface area contributed by atoms with Gasteiger partial charge in [-0.05, 0) is 36.4 Å². The molecule has 2 saturated heterocycles. The van der Waals surface area contributed by atoms with Gasteiger partial charge in [-0.25, -0.2) is 18.0 Å². The molecular weight excluding hydrogens is 428 g/mol. The lowest BCUT2D eigenvalue weighted by Gasteiger charge is -2.29. The van der Waals surface area contributed by atoms with Crippen molar-refractivity contribution in [2.45, 2.75) is 16.6 Å². The van der Waals surface area contributed by atoms with Gasteiger partial charge in [-0.1, -0.05) is 42.0 Å². The van der Waals surface area contributed by atoms with Crippen LogP contribution in [0.5, 0.6) is 0 Å². The van der Waals surface area contributed by atoms with Crippen molar-refractivity contribution >= 4 is 39.1 Å². The first-order valence-corrected chi connectivity index (χ1v) is 11.2. The third-order valence-electron chi connectivity index (χ3n) is 5.83. The van der Waals surface area contributed by atoms with Crippen molar-refractivity contribution in [3.8, 4) is 0 Å². The molecule has 4 atom stereocenters. The van der Waals surface area contributed by atoms with E-state index in [9.17, 15) is 18.0 Å². The van der Waals surface area contributed by atoms with Crippen molar-refractivity contribution in [2.24, 2.45) is 11.8 Å². The summed E-state index contributed by atoms with van der Waals surface area (Å²) in [6.07, 6.45) is 2.88. The summed E-state index contributed by atoms with van der Waals surface area (Å²) >= 11 is 5.83. The van der Waals surface area contributed by atoms with Gasteiger partial charge in [-0.2, -0.15) is 0 Å². The highest BCUT2D eigenvalue weighted by Gasteiger charge is 2.67. The lowest BCUT2D eigenvalue weighted by atomic mass is 9.77. The van der Waals surface area contributed by atoms with Crippen molar-refractivity contribution in [1.29, 1.82) is 0 Å². The zero-order chi connectivity index (χ0) is 21.1. The van der Waals surface area contributed by atoms with Crippen molar-refractivity contribution in [1.82, 2.24) is 4.72 Å². The maximum Gasteiger partial charge on any atom is 0.241 e. The number of benzene rings is 2. The molecule has 0 aromatic heterocycles. The topological polar surface area (TPSA) is 92.8 Å². The molecule has 2 aromatic carbocycles. The smallest absolute Gasteiger partial charge is 0.241 e. The van der Waals surface area contributed by atoms with E-state index in [0.29, 0.717) is 10.7 Å². The van der Waals surface area contributed by atoms with E-state index in [1.165, 1.54) is 29.2 Å². The van der Waals surface area contributed by atoms with E-state index < -0.39 is 33.6 Å². The first kappa shape index (κ1) is 19.4.